The van der Waals surface area contributed by atoms with E-state index in [1.54, 1.807) is 35.4 Å². The first kappa shape index (κ1) is 17.1. The summed E-state index contributed by atoms with van der Waals surface area (Å²) in [5, 5.41) is 4.75. The van der Waals surface area contributed by atoms with Crippen LogP contribution in [0.5, 0.6) is 0 Å². The molecule has 0 radical (unpaired) electrons. The number of halogens is 1. The fraction of sp³-hybridized carbons (Fsp3) is 0.211. The lowest BCUT2D eigenvalue weighted by molar-refractivity contribution is 0.198. The Morgan fingerprint density at radius 3 is 2.81 bits per heavy atom. The molecule has 1 aromatic heterocycles. The van der Waals surface area contributed by atoms with Crippen molar-refractivity contribution in [3.05, 3.63) is 59.2 Å². The van der Waals surface area contributed by atoms with Gasteiger partial charge in [-0.1, -0.05) is 23.7 Å². The third-order valence-electron chi connectivity index (χ3n) is 4.60. The molecule has 0 saturated carbocycles. The summed E-state index contributed by atoms with van der Waals surface area (Å²) in [5.41, 5.74) is 2.85. The van der Waals surface area contributed by atoms with E-state index in [1.807, 2.05) is 18.2 Å². The van der Waals surface area contributed by atoms with Crippen LogP contribution in [0.1, 0.15) is 5.69 Å². The zero-order valence-corrected chi connectivity index (χ0v) is 15.8. The molecule has 134 valence electrons. The molecular formula is C19H18ClN3O2S. The number of rotatable bonds is 2. The van der Waals surface area contributed by atoms with E-state index < -0.39 is 10.8 Å². The highest BCUT2D eigenvalue weighted by Gasteiger charge is 2.22. The number of carbonyl (C=O) groups is 1. The number of hydrogen-bond acceptors (Lipinski definition) is 2. The van der Waals surface area contributed by atoms with E-state index in [0.29, 0.717) is 28.7 Å². The highest BCUT2D eigenvalue weighted by molar-refractivity contribution is 7.84. The van der Waals surface area contributed by atoms with Gasteiger partial charge in [0.2, 0.25) is 0 Å². The van der Waals surface area contributed by atoms with Crippen LogP contribution in [0.2, 0.25) is 5.02 Å². The van der Waals surface area contributed by atoms with Crippen LogP contribution in [0.3, 0.4) is 0 Å². The summed E-state index contributed by atoms with van der Waals surface area (Å²) in [7, 11) is -1.08. The van der Waals surface area contributed by atoms with Gasteiger partial charge in [0.15, 0.2) is 0 Å². The number of urea groups is 1. The Kier molecular flexibility index (Phi) is 4.46. The molecule has 0 spiro atoms. The van der Waals surface area contributed by atoms with Crippen molar-refractivity contribution in [2.24, 2.45) is 0 Å². The van der Waals surface area contributed by atoms with Crippen LogP contribution in [0.25, 0.3) is 10.9 Å². The fourth-order valence-electron chi connectivity index (χ4n) is 3.30. The van der Waals surface area contributed by atoms with Gasteiger partial charge in [0, 0.05) is 62.3 Å². The van der Waals surface area contributed by atoms with Crippen LogP contribution in [0, 0.1) is 0 Å². The second-order valence-corrected chi connectivity index (χ2v) is 8.14. The Morgan fingerprint density at radius 2 is 2.00 bits per heavy atom. The summed E-state index contributed by atoms with van der Waals surface area (Å²) < 4.78 is 13.8. The van der Waals surface area contributed by atoms with Gasteiger partial charge in [-0.2, -0.15) is 0 Å². The second-order valence-electron chi connectivity index (χ2n) is 6.32. The van der Waals surface area contributed by atoms with E-state index in [0.717, 1.165) is 23.1 Å². The maximum Gasteiger partial charge on any atom is 0.322 e. The summed E-state index contributed by atoms with van der Waals surface area (Å²) in [6, 6.07) is 14.9. The van der Waals surface area contributed by atoms with Gasteiger partial charge in [-0.3, -0.25) is 4.21 Å². The Morgan fingerprint density at radius 1 is 1.15 bits per heavy atom. The van der Waals surface area contributed by atoms with Crippen molar-refractivity contribution >= 4 is 45.0 Å². The van der Waals surface area contributed by atoms with E-state index >= 15 is 0 Å². The number of nitrogens with one attached hydrogen (secondary N) is 1. The third kappa shape index (κ3) is 3.22. The number of nitrogens with zero attached hydrogens (tertiary/aromatic N) is 2. The summed E-state index contributed by atoms with van der Waals surface area (Å²) in [6.07, 6.45) is 1.62. The molecule has 3 aromatic rings. The average Bonchev–Trinajstić information content (AvgIpc) is 2.99. The van der Waals surface area contributed by atoms with Crippen molar-refractivity contribution in [2.75, 3.05) is 18.1 Å². The second kappa shape index (κ2) is 6.78. The minimum atomic E-state index is -1.08. The van der Waals surface area contributed by atoms with Crippen LogP contribution >= 0.6 is 11.6 Å². The predicted molar refractivity (Wildman–Crippen MR) is 105 cm³/mol. The first-order chi connectivity index (χ1) is 12.5. The van der Waals surface area contributed by atoms with Crippen molar-refractivity contribution in [1.29, 1.82) is 0 Å². The molecule has 26 heavy (non-hydrogen) atoms. The van der Waals surface area contributed by atoms with E-state index in [1.165, 1.54) is 0 Å². The molecule has 1 aliphatic heterocycles. The molecule has 2 aromatic carbocycles. The van der Waals surface area contributed by atoms with Gasteiger partial charge in [0.25, 0.3) is 0 Å². The van der Waals surface area contributed by atoms with E-state index in [9.17, 15) is 9.00 Å². The number of anilines is 1. The van der Waals surface area contributed by atoms with Gasteiger partial charge >= 0.3 is 6.03 Å². The largest absolute Gasteiger partial charge is 0.341 e. The topological polar surface area (TPSA) is 54.3 Å². The molecule has 1 atom stereocenters. The lowest BCUT2D eigenvalue weighted by atomic mass is 10.2. The molecule has 1 N–H and O–H groups in total. The Labute approximate surface area is 159 Å². The SMILES string of the molecule is CS(=O)c1cccc(NC(=O)N2CCn3c(cc4ccc(Cl)cc43)C2)c1. The number of fused-ring (bicyclic) bond motifs is 3. The smallest absolute Gasteiger partial charge is 0.322 e. The molecule has 0 fully saturated rings. The molecule has 1 unspecified atom stereocenters. The molecule has 0 saturated heterocycles. The quantitative estimate of drug-likeness (QED) is 0.720. The van der Waals surface area contributed by atoms with Crippen LogP contribution in [-0.2, 0) is 23.9 Å². The molecule has 1 aliphatic rings. The molecule has 2 heterocycles. The first-order valence-corrected chi connectivity index (χ1v) is 10.2. The third-order valence-corrected chi connectivity index (χ3v) is 5.76. The molecule has 7 heteroatoms. The molecule has 0 bridgehead atoms. The highest BCUT2D eigenvalue weighted by Crippen LogP contribution is 2.27. The molecule has 5 nitrogen and oxygen atoms in total. The zero-order chi connectivity index (χ0) is 18.3. The van der Waals surface area contributed by atoms with Crippen molar-refractivity contribution in [3.8, 4) is 0 Å². The van der Waals surface area contributed by atoms with Crippen molar-refractivity contribution in [2.45, 2.75) is 18.0 Å². The van der Waals surface area contributed by atoms with Crippen molar-refractivity contribution < 1.29 is 9.00 Å². The number of benzene rings is 2. The Bertz CT molecular complexity index is 1030. The van der Waals surface area contributed by atoms with Crippen LogP contribution in [0.15, 0.2) is 53.4 Å². The standard InChI is InChI=1S/C19H18ClN3O2S/c1-26(25)17-4-2-3-15(11-17)21-19(24)22-7-8-23-16(12-22)9-13-5-6-14(20)10-18(13)23/h2-6,9-11H,7-8,12H2,1H3,(H,21,24). The Balaban J connectivity index is 1.53. The van der Waals surface area contributed by atoms with Crippen LogP contribution in [0.4, 0.5) is 10.5 Å². The van der Waals surface area contributed by atoms with Gasteiger partial charge in [0.1, 0.15) is 0 Å². The molecular weight excluding hydrogens is 370 g/mol. The number of amides is 2. The maximum absolute atomic E-state index is 12.6. The number of carbonyl (C=O) groups excluding carboxylic acids is 1. The van der Waals surface area contributed by atoms with Gasteiger partial charge in [-0.15, -0.1) is 0 Å². The summed E-state index contributed by atoms with van der Waals surface area (Å²) in [4.78, 5) is 15.1. The minimum absolute atomic E-state index is 0.154. The average molecular weight is 388 g/mol. The number of aromatic nitrogens is 1. The normalized spacial score (nSPS) is 14.9. The van der Waals surface area contributed by atoms with Gasteiger partial charge < -0.3 is 14.8 Å². The first-order valence-electron chi connectivity index (χ1n) is 8.28. The monoisotopic (exact) mass is 387 g/mol. The van der Waals surface area contributed by atoms with Gasteiger partial charge in [-0.25, -0.2) is 4.79 Å². The minimum Gasteiger partial charge on any atom is -0.341 e. The lowest BCUT2D eigenvalue weighted by Crippen LogP contribution is -2.40. The summed E-state index contributed by atoms with van der Waals surface area (Å²) in [6.45, 7) is 1.89. The summed E-state index contributed by atoms with van der Waals surface area (Å²) in [5.74, 6) is 0. The zero-order valence-electron chi connectivity index (χ0n) is 14.2. The molecule has 4 rings (SSSR count). The van der Waals surface area contributed by atoms with Gasteiger partial charge in [-0.05, 0) is 36.4 Å². The number of hydrogen-bond donors (Lipinski definition) is 1. The van der Waals surface area contributed by atoms with Crippen LogP contribution < -0.4 is 5.32 Å². The van der Waals surface area contributed by atoms with E-state index in [-0.39, 0.29) is 6.03 Å². The predicted octanol–water partition coefficient (Wildman–Crippen LogP) is 4.08. The molecule has 0 aliphatic carbocycles. The van der Waals surface area contributed by atoms with Gasteiger partial charge in [0.05, 0.1) is 6.54 Å². The van der Waals surface area contributed by atoms with E-state index in [4.69, 9.17) is 11.6 Å². The highest BCUT2D eigenvalue weighted by atomic mass is 35.5. The van der Waals surface area contributed by atoms with Crippen LogP contribution in [-0.4, -0.2) is 32.5 Å². The van der Waals surface area contributed by atoms with Crippen molar-refractivity contribution in [1.82, 2.24) is 9.47 Å². The van der Waals surface area contributed by atoms with E-state index in [2.05, 4.69) is 16.0 Å². The lowest BCUT2D eigenvalue weighted by Gasteiger charge is -2.29. The fourth-order valence-corrected chi connectivity index (χ4v) is 4.03. The summed E-state index contributed by atoms with van der Waals surface area (Å²) >= 11 is 6.11. The van der Waals surface area contributed by atoms with Crippen molar-refractivity contribution in [3.63, 3.8) is 0 Å². The Hall–Kier alpha value is -2.31. The maximum atomic E-state index is 12.6. The molecule has 2 amide bonds.